The van der Waals surface area contributed by atoms with Gasteiger partial charge in [0.1, 0.15) is 11.5 Å². The smallest absolute Gasteiger partial charge is 0.139 e. The summed E-state index contributed by atoms with van der Waals surface area (Å²) in [5, 5.41) is 0. The van der Waals surface area contributed by atoms with Gasteiger partial charge in [0.15, 0.2) is 0 Å². The zero-order valence-corrected chi connectivity index (χ0v) is 60.6. The SMILES string of the molecule is CCC1=C(C)c2cc3[nH]c(c(C)c3C)c(-c3cccc4c3Oc3c(-c5c6nc(cc7[nH]c(cc8nc(cc9[nH]c5c(C)c9C)C(c5ccccc5)=C8c5ccccc5)c(-c5ccccc5)c7-c5ccccc5)C(C)=C6C)cccc3C4(C)C)c3nc(cc4[nH]c(cc1n2)c(CC)c4C)C(C)=C3C. The number of aromatic nitrogens is 8. The number of rotatable bonds is 8. The summed E-state index contributed by atoms with van der Waals surface area (Å²) in [6.07, 6.45) is 1.75. The number of H-pyrrole nitrogens is 4. The number of hydrogen-bond donors (Lipinski definition) is 4. The summed E-state index contributed by atoms with van der Waals surface area (Å²) in [5.74, 6) is 1.57. The number of benzene rings is 6. The summed E-state index contributed by atoms with van der Waals surface area (Å²) >= 11 is 0. The fourth-order valence-electron chi connectivity index (χ4n) is 16.6. The van der Waals surface area contributed by atoms with E-state index in [1.54, 1.807) is 0 Å². The third-order valence-electron chi connectivity index (χ3n) is 22.9. The van der Waals surface area contributed by atoms with Crippen molar-refractivity contribution >= 4 is 88.7 Å². The molecule has 6 aromatic heterocycles. The molecule has 9 nitrogen and oxygen atoms in total. The van der Waals surface area contributed by atoms with Crippen molar-refractivity contribution in [3.05, 3.63) is 295 Å². The lowest BCUT2D eigenvalue weighted by atomic mass is 9.73. The highest BCUT2D eigenvalue weighted by Crippen LogP contribution is 2.57. The Morgan fingerprint density at radius 1 is 0.324 bits per heavy atom. The minimum atomic E-state index is -0.566. The highest BCUT2D eigenvalue weighted by Gasteiger charge is 2.39. The molecule has 6 aromatic carbocycles. The lowest BCUT2D eigenvalue weighted by molar-refractivity contribution is 0.421. The third kappa shape index (κ3) is 9.94. The van der Waals surface area contributed by atoms with Crippen LogP contribution in [-0.2, 0) is 11.8 Å². The van der Waals surface area contributed by atoms with Gasteiger partial charge in [-0.05, 0) is 208 Å². The summed E-state index contributed by atoms with van der Waals surface area (Å²) in [6.45, 7) is 31.5. The van der Waals surface area contributed by atoms with Crippen molar-refractivity contribution in [1.82, 2.24) is 39.9 Å². The van der Waals surface area contributed by atoms with Crippen molar-refractivity contribution < 1.29 is 4.74 Å². The molecular weight excluding hydrogens is 1250 g/mol. The van der Waals surface area contributed by atoms with Crippen molar-refractivity contribution in [1.29, 1.82) is 0 Å². The van der Waals surface area contributed by atoms with E-state index in [9.17, 15) is 0 Å². The van der Waals surface area contributed by atoms with E-state index in [1.807, 2.05) is 0 Å². The second-order valence-electron chi connectivity index (χ2n) is 28.8. The third-order valence-corrected chi connectivity index (χ3v) is 22.9. The molecule has 0 fully saturated rings. The van der Waals surface area contributed by atoms with Gasteiger partial charge in [-0.3, -0.25) is 0 Å². The van der Waals surface area contributed by atoms with E-state index in [1.165, 1.54) is 22.3 Å². The fraction of sp³-hybridized carbons (Fsp3) is 0.183. The molecule has 9 heteroatoms. The molecular formula is C93H82N8O. The Balaban J connectivity index is 0.975. The highest BCUT2D eigenvalue weighted by molar-refractivity contribution is 6.10. The molecule has 0 aliphatic carbocycles. The van der Waals surface area contributed by atoms with Crippen LogP contribution in [0, 0.1) is 34.6 Å². The van der Waals surface area contributed by atoms with Crippen LogP contribution in [0.2, 0.25) is 0 Å². The number of fused-ring (bicyclic) bond motifs is 18. The summed E-state index contributed by atoms with van der Waals surface area (Å²) < 4.78 is 8.04. The van der Waals surface area contributed by atoms with E-state index in [0.717, 1.165) is 236 Å². The first-order valence-electron chi connectivity index (χ1n) is 35.9. The molecule has 102 heavy (non-hydrogen) atoms. The molecule has 0 radical (unpaired) electrons. The van der Waals surface area contributed by atoms with Gasteiger partial charge in [-0.15, -0.1) is 0 Å². The molecule has 4 N–H and O–H groups in total. The van der Waals surface area contributed by atoms with E-state index >= 15 is 0 Å². The molecule has 11 heterocycles. The van der Waals surface area contributed by atoms with Crippen LogP contribution in [0.15, 0.2) is 194 Å². The van der Waals surface area contributed by atoms with Gasteiger partial charge in [-0.25, -0.2) is 19.9 Å². The first-order valence-corrected chi connectivity index (χ1v) is 35.9. The van der Waals surface area contributed by atoms with Crippen LogP contribution in [0.1, 0.15) is 170 Å². The molecule has 0 saturated carbocycles. The lowest BCUT2D eigenvalue weighted by Gasteiger charge is -2.36. The number of allylic oxidation sites excluding steroid dienone is 6. The van der Waals surface area contributed by atoms with Gasteiger partial charge in [0.2, 0.25) is 0 Å². The number of nitrogens with one attached hydrogen (secondary N) is 4. The van der Waals surface area contributed by atoms with Crippen LogP contribution in [0.5, 0.6) is 11.5 Å². The summed E-state index contributed by atoms with van der Waals surface area (Å²) in [4.78, 5) is 39.1. The van der Waals surface area contributed by atoms with Crippen molar-refractivity contribution in [3.63, 3.8) is 0 Å². The Morgan fingerprint density at radius 3 is 1.16 bits per heavy atom. The van der Waals surface area contributed by atoms with Gasteiger partial charge >= 0.3 is 0 Å². The Bertz CT molecular complexity index is 6100. The van der Waals surface area contributed by atoms with Crippen LogP contribution >= 0.6 is 0 Å². The standard InChI is InChI=1S/C93H82N8O/c1-15-63-57(11)73-43-69-49(3)53(7)87(98-69)85(88-54(8)50(4)70(99-88)44-74-58(12)64(16-2)76(95-74)47-75(63)94-73)65-39-29-41-67-91(65)102-92-66(40-30-42-68(92)93(67,13)14)86-89-55(9)51(5)71(100-89)45-77-81(59-31-21-17-22-32-59)83(61-35-25-19-26-36-61)79(96-77)48-80-84(62-37-27-20-28-38-62)82(60-33-23-18-24-34-60)78(97-80)46-72-52(6)56(10)90(86)101-72/h17-48,94,96,99,101H,15-16H2,1-14H3. The van der Waals surface area contributed by atoms with E-state index in [-0.39, 0.29) is 0 Å². The van der Waals surface area contributed by atoms with Crippen LogP contribution < -0.4 is 4.74 Å². The van der Waals surface area contributed by atoms with Gasteiger partial charge in [0, 0.05) is 94.2 Å². The number of hydrogen-bond acceptors (Lipinski definition) is 5. The average molecular weight is 1330 g/mol. The van der Waals surface area contributed by atoms with E-state index in [4.69, 9.17) is 24.7 Å². The van der Waals surface area contributed by atoms with Crippen LogP contribution in [-0.4, -0.2) is 39.9 Å². The van der Waals surface area contributed by atoms with Crippen molar-refractivity contribution in [2.24, 2.45) is 0 Å². The Labute approximate surface area is 596 Å². The number of aromatic amines is 4. The molecule has 5 aliphatic rings. The highest BCUT2D eigenvalue weighted by atomic mass is 16.5. The minimum Gasteiger partial charge on any atom is -0.455 e. The average Bonchev–Trinajstić information content (AvgIpc) is 1.17. The predicted octanol–water partition coefficient (Wildman–Crippen LogP) is 24.4. The monoisotopic (exact) mass is 1330 g/mol. The van der Waals surface area contributed by atoms with Crippen molar-refractivity contribution in [2.75, 3.05) is 0 Å². The largest absolute Gasteiger partial charge is 0.455 e. The topological polar surface area (TPSA) is 124 Å². The summed E-state index contributed by atoms with van der Waals surface area (Å²) in [6, 6.07) is 70.1. The molecule has 12 aromatic rings. The minimum absolute atomic E-state index is 0.566. The normalized spacial score (nSPS) is 14.1. The number of nitrogens with zero attached hydrogens (tertiary/aromatic N) is 4. The number of para-hydroxylation sites is 2. The molecule has 17 rings (SSSR count). The van der Waals surface area contributed by atoms with Crippen LogP contribution in [0.4, 0.5) is 0 Å². The molecule has 16 bridgehead atoms. The summed E-state index contributed by atoms with van der Waals surface area (Å²) in [5.41, 5.74) is 43.1. The first kappa shape index (κ1) is 63.7. The van der Waals surface area contributed by atoms with Crippen LogP contribution in [0.25, 0.3) is 133 Å². The summed E-state index contributed by atoms with van der Waals surface area (Å²) in [7, 11) is 0. The lowest BCUT2D eigenvalue weighted by Crippen LogP contribution is -2.25. The maximum Gasteiger partial charge on any atom is 0.139 e. The molecule has 0 unspecified atom stereocenters. The van der Waals surface area contributed by atoms with Gasteiger partial charge in [0.25, 0.3) is 0 Å². The second-order valence-corrected chi connectivity index (χ2v) is 28.8. The van der Waals surface area contributed by atoms with E-state index in [0.29, 0.717) is 0 Å². The Kier molecular flexibility index (Phi) is 15.2. The Hall–Kier alpha value is -11.7. The molecule has 0 amide bonds. The van der Waals surface area contributed by atoms with Gasteiger partial charge in [-0.1, -0.05) is 185 Å². The molecule has 0 spiro atoms. The van der Waals surface area contributed by atoms with E-state index in [2.05, 4.69) is 311 Å². The van der Waals surface area contributed by atoms with E-state index < -0.39 is 5.41 Å². The molecule has 5 aliphatic heterocycles. The number of ether oxygens (including phenoxy) is 1. The van der Waals surface area contributed by atoms with Gasteiger partial charge in [0.05, 0.1) is 56.6 Å². The zero-order valence-electron chi connectivity index (χ0n) is 60.6. The molecule has 500 valence electrons. The first-order chi connectivity index (χ1) is 49.4. The quantitative estimate of drug-likeness (QED) is 0.121. The maximum atomic E-state index is 8.04. The predicted molar refractivity (Wildman–Crippen MR) is 426 cm³/mol. The fourth-order valence-corrected chi connectivity index (χ4v) is 16.6. The number of aryl methyl sites for hydroxylation is 6. The maximum absolute atomic E-state index is 8.04. The second kappa shape index (κ2) is 24.3. The van der Waals surface area contributed by atoms with Crippen molar-refractivity contribution in [2.45, 2.75) is 115 Å². The van der Waals surface area contributed by atoms with Gasteiger partial charge < -0.3 is 24.7 Å². The van der Waals surface area contributed by atoms with Crippen LogP contribution in [0.3, 0.4) is 0 Å². The zero-order chi connectivity index (χ0) is 70.3. The van der Waals surface area contributed by atoms with Gasteiger partial charge in [-0.2, -0.15) is 0 Å². The molecule has 0 saturated heterocycles. The Morgan fingerprint density at radius 2 is 0.706 bits per heavy atom. The molecule has 0 atom stereocenters. The van der Waals surface area contributed by atoms with Crippen molar-refractivity contribution in [3.8, 4) is 56.0 Å².